The lowest BCUT2D eigenvalue weighted by Crippen LogP contribution is -2.47. The molecule has 33 heavy (non-hydrogen) atoms. The van der Waals surface area contributed by atoms with Gasteiger partial charge in [0.05, 0.1) is 0 Å². The lowest BCUT2D eigenvalue weighted by Gasteiger charge is -2.47. The molecule has 3 aromatic carbocycles. The van der Waals surface area contributed by atoms with Gasteiger partial charge in [0.25, 0.3) is 0 Å². The highest BCUT2D eigenvalue weighted by atomic mass is 16.6. The SMILES string of the molecule is C[C@H]1CC(C)(C)N(Cc2ccccc2)c2ccc(/C=C3\N=C(c4ccccc4)OC3=O)cc21. The van der Waals surface area contributed by atoms with Crippen LogP contribution >= 0.6 is 0 Å². The zero-order chi connectivity index (χ0) is 23.0. The number of hydrogen-bond donors (Lipinski definition) is 0. The fraction of sp³-hybridized carbons (Fsp3) is 0.241. The number of nitrogens with zero attached hydrogens (tertiary/aromatic N) is 2. The summed E-state index contributed by atoms with van der Waals surface area (Å²) < 4.78 is 5.41. The average molecular weight is 437 g/mol. The quantitative estimate of drug-likeness (QED) is 0.355. The van der Waals surface area contributed by atoms with Crippen LogP contribution < -0.4 is 4.90 Å². The molecule has 5 rings (SSSR count). The van der Waals surface area contributed by atoms with Crippen LogP contribution in [0.5, 0.6) is 0 Å². The fourth-order valence-electron chi connectivity index (χ4n) is 4.94. The first-order valence-corrected chi connectivity index (χ1v) is 11.4. The van der Waals surface area contributed by atoms with Gasteiger partial charge in [-0.2, -0.15) is 0 Å². The first kappa shape index (κ1) is 21.2. The van der Waals surface area contributed by atoms with Gasteiger partial charge in [-0.15, -0.1) is 0 Å². The van der Waals surface area contributed by atoms with Crippen LogP contribution in [-0.4, -0.2) is 17.4 Å². The standard InChI is InChI=1S/C29H28N2O2/c1-20-18-29(2,3)31(19-21-10-6-4-7-11-21)26-15-14-22(16-24(20)26)17-25-28(32)33-27(30-25)23-12-8-5-9-13-23/h4-17,20H,18-19H2,1-3H3/b25-17-/t20-/m0/s1. The largest absolute Gasteiger partial charge is 0.402 e. The molecule has 166 valence electrons. The number of anilines is 1. The van der Waals surface area contributed by atoms with Crippen molar-refractivity contribution in [1.82, 2.24) is 0 Å². The van der Waals surface area contributed by atoms with Crippen LogP contribution in [0.25, 0.3) is 6.08 Å². The van der Waals surface area contributed by atoms with E-state index in [1.54, 1.807) is 0 Å². The normalized spacial score (nSPS) is 20.4. The first-order chi connectivity index (χ1) is 15.9. The molecule has 0 saturated carbocycles. The molecule has 0 aliphatic carbocycles. The Kier molecular flexibility index (Phi) is 5.37. The first-order valence-electron chi connectivity index (χ1n) is 11.4. The predicted octanol–water partition coefficient (Wildman–Crippen LogP) is 6.32. The van der Waals surface area contributed by atoms with E-state index < -0.39 is 5.97 Å². The Bertz CT molecular complexity index is 1240. The van der Waals surface area contributed by atoms with Gasteiger partial charge in [-0.25, -0.2) is 9.79 Å². The summed E-state index contributed by atoms with van der Waals surface area (Å²) in [4.78, 5) is 19.4. The molecule has 4 heteroatoms. The third kappa shape index (κ3) is 4.21. The number of hydrogen-bond acceptors (Lipinski definition) is 4. The third-order valence-corrected chi connectivity index (χ3v) is 6.54. The highest BCUT2D eigenvalue weighted by Crippen LogP contribution is 2.44. The molecule has 2 aliphatic rings. The van der Waals surface area contributed by atoms with Crippen LogP contribution in [0.3, 0.4) is 0 Å². The summed E-state index contributed by atoms with van der Waals surface area (Å²) in [5.74, 6) is 0.361. The molecule has 0 radical (unpaired) electrons. The molecule has 0 unspecified atom stereocenters. The summed E-state index contributed by atoms with van der Waals surface area (Å²) in [6, 6.07) is 26.6. The van der Waals surface area contributed by atoms with Gasteiger partial charge in [-0.1, -0.05) is 61.5 Å². The summed E-state index contributed by atoms with van der Waals surface area (Å²) in [5.41, 5.74) is 6.00. The molecule has 0 amide bonds. The van der Waals surface area contributed by atoms with E-state index in [0.29, 0.717) is 17.5 Å². The Labute approximate surface area is 195 Å². The van der Waals surface area contributed by atoms with Crippen molar-refractivity contribution in [3.8, 4) is 0 Å². The van der Waals surface area contributed by atoms with Crippen molar-refractivity contribution in [2.24, 2.45) is 4.99 Å². The number of rotatable bonds is 4. The molecule has 2 aliphatic heterocycles. The summed E-state index contributed by atoms with van der Waals surface area (Å²) >= 11 is 0. The Morgan fingerprint density at radius 3 is 2.45 bits per heavy atom. The minimum atomic E-state index is -0.411. The van der Waals surface area contributed by atoms with Crippen LogP contribution in [0.4, 0.5) is 5.69 Å². The predicted molar refractivity (Wildman–Crippen MR) is 133 cm³/mol. The second-order valence-electron chi connectivity index (χ2n) is 9.51. The number of carbonyl (C=O) groups is 1. The zero-order valence-corrected chi connectivity index (χ0v) is 19.3. The Balaban J connectivity index is 1.48. The molecule has 0 spiro atoms. The lowest BCUT2D eigenvalue weighted by atomic mass is 9.79. The summed E-state index contributed by atoms with van der Waals surface area (Å²) in [6.45, 7) is 7.79. The molecule has 3 aromatic rings. The highest BCUT2D eigenvalue weighted by molar-refractivity contribution is 6.12. The van der Waals surface area contributed by atoms with Gasteiger partial charge >= 0.3 is 5.97 Å². The molecular formula is C29H28N2O2. The van der Waals surface area contributed by atoms with Gasteiger partial charge < -0.3 is 9.64 Å². The Hall–Kier alpha value is -3.66. The van der Waals surface area contributed by atoms with Crippen LogP contribution in [0.15, 0.2) is 89.6 Å². The molecule has 2 heterocycles. The number of carbonyl (C=O) groups excluding carboxylic acids is 1. The third-order valence-electron chi connectivity index (χ3n) is 6.54. The molecule has 4 nitrogen and oxygen atoms in total. The second-order valence-corrected chi connectivity index (χ2v) is 9.51. The van der Waals surface area contributed by atoms with Crippen molar-refractivity contribution >= 4 is 23.6 Å². The monoisotopic (exact) mass is 436 g/mol. The van der Waals surface area contributed by atoms with Gasteiger partial charge in [-0.05, 0) is 73.2 Å². The van der Waals surface area contributed by atoms with Crippen LogP contribution in [-0.2, 0) is 16.1 Å². The maximum atomic E-state index is 12.4. The van der Waals surface area contributed by atoms with E-state index in [0.717, 1.165) is 24.1 Å². The Morgan fingerprint density at radius 2 is 1.73 bits per heavy atom. The van der Waals surface area contributed by atoms with Crippen LogP contribution in [0.2, 0.25) is 0 Å². The van der Waals surface area contributed by atoms with E-state index in [1.165, 1.54) is 16.8 Å². The van der Waals surface area contributed by atoms with Gasteiger partial charge in [0, 0.05) is 23.3 Å². The number of fused-ring (bicyclic) bond motifs is 1. The smallest absolute Gasteiger partial charge is 0.363 e. The van der Waals surface area contributed by atoms with Crippen LogP contribution in [0, 0.1) is 0 Å². The van der Waals surface area contributed by atoms with Crippen molar-refractivity contribution in [3.63, 3.8) is 0 Å². The van der Waals surface area contributed by atoms with E-state index in [1.807, 2.05) is 36.4 Å². The molecule has 0 N–H and O–H groups in total. The van der Waals surface area contributed by atoms with Crippen molar-refractivity contribution in [3.05, 3.63) is 107 Å². The van der Waals surface area contributed by atoms with Gasteiger partial charge in [0.15, 0.2) is 5.70 Å². The minimum Gasteiger partial charge on any atom is -0.402 e. The maximum absolute atomic E-state index is 12.4. The summed E-state index contributed by atoms with van der Waals surface area (Å²) in [5, 5.41) is 0. The van der Waals surface area contributed by atoms with Crippen molar-refractivity contribution in [1.29, 1.82) is 0 Å². The van der Waals surface area contributed by atoms with E-state index in [2.05, 4.69) is 79.2 Å². The van der Waals surface area contributed by atoms with E-state index >= 15 is 0 Å². The van der Waals surface area contributed by atoms with Crippen molar-refractivity contribution < 1.29 is 9.53 Å². The van der Waals surface area contributed by atoms with E-state index in [9.17, 15) is 4.79 Å². The number of cyclic esters (lactones) is 1. The molecule has 0 fully saturated rings. The molecule has 1 atom stereocenters. The van der Waals surface area contributed by atoms with Gasteiger partial charge in [0.2, 0.25) is 5.90 Å². The van der Waals surface area contributed by atoms with Crippen molar-refractivity contribution in [2.45, 2.75) is 45.2 Å². The average Bonchev–Trinajstić information content (AvgIpc) is 3.18. The number of aliphatic imine (C=N–C) groups is 1. The minimum absolute atomic E-state index is 0.0480. The van der Waals surface area contributed by atoms with Gasteiger partial charge in [0.1, 0.15) is 0 Å². The van der Waals surface area contributed by atoms with E-state index in [4.69, 9.17) is 4.74 Å². The lowest BCUT2D eigenvalue weighted by molar-refractivity contribution is -0.129. The maximum Gasteiger partial charge on any atom is 0.363 e. The number of esters is 1. The zero-order valence-electron chi connectivity index (χ0n) is 19.3. The molecule has 0 aromatic heterocycles. The Morgan fingerprint density at radius 1 is 1.03 bits per heavy atom. The van der Waals surface area contributed by atoms with Crippen molar-refractivity contribution in [2.75, 3.05) is 4.90 Å². The molecular weight excluding hydrogens is 408 g/mol. The summed E-state index contributed by atoms with van der Waals surface area (Å²) in [6.07, 6.45) is 2.89. The number of benzene rings is 3. The van der Waals surface area contributed by atoms with Crippen LogP contribution in [0.1, 0.15) is 55.4 Å². The van der Waals surface area contributed by atoms with E-state index in [-0.39, 0.29) is 5.54 Å². The second kappa shape index (κ2) is 8.36. The number of ether oxygens (including phenoxy) is 1. The summed E-state index contributed by atoms with van der Waals surface area (Å²) in [7, 11) is 0. The highest BCUT2D eigenvalue weighted by Gasteiger charge is 2.36. The van der Waals surface area contributed by atoms with Gasteiger partial charge in [-0.3, -0.25) is 0 Å². The topological polar surface area (TPSA) is 41.9 Å². The fourth-order valence-corrected chi connectivity index (χ4v) is 4.94. The molecule has 0 saturated heterocycles. The molecule has 0 bridgehead atoms.